The second kappa shape index (κ2) is 7.87. The molecule has 1 aromatic rings. The number of benzene rings is 1. The van der Waals surface area contributed by atoms with Crippen molar-refractivity contribution in [3.05, 3.63) is 34.9 Å². The van der Waals surface area contributed by atoms with Crippen molar-refractivity contribution in [2.45, 2.75) is 19.3 Å². The normalized spacial score (nSPS) is 19.9. The van der Waals surface area contributed by atoms with Crippen LogP contribution in [0, 0.1) is 5.92 Å². The summed E-state index contributed by atoms with van der Waals surface area (Å²) in [4.78, 5) is 50.8. The Morgan fingerprint density at radius 3 is 2.70 bits per heavy atom. The molecule has 0 aromatic heterocycles. The lowest BCUT2D eigenvalue weighted by atomic mass is 9.97. The summed E-state index contributed by atoms with van der Waals surface area (Å²) in [7, 11) is 1.42. The van der Waals surface area contributed by atoms with Crippen molar-refractivity contribution < 1.29 is 19.2 Å². The number of nitrogens with one attached hydrogen (secondary N) is 1. The number of nitrogens with zero attached hydrogens (tertiary/aromatic N) is 2. The van der Waals surface area contributed by atoms with Gasteiger partial charge in [0.25, 0.3) is 17.7 Å². The molecular weight excluding hydrogens is 348 g/mol. The zero-order valence-electron chi connectivity index (χ0n) is 15.4. The number of likely N-dealkylation sites (tertiary alicyclic amines) is 1. The van der Waals surface area contributed by atoms with Crippen LogP contribution in [0.15, 0.2) is 18.2 Å². The Morgan fingerprint density at radius 1 is 1.22 bits per heavy atom. The number of primary amides is 1. The molecule has 1 unspecified atom stereocenters. The minimum absolute atomic E-state index is 0.0851. The largest absolute Gasteiger partial charge is 0.369 e. The fourth-order valence-corrected chi connectivity index (χ4v) is 3.60. The van der Waals surface area contributed by atoms with Crippen molar-refractivity contribution in [2.75, 3.05) is 33.2 Å². The molecule has 0 radical (unpaired) electrons. The van der Waals surface area contributed by atoms with Gasteiger partial charge in [0, 0.05) is 25.7 Å². The van der Waals surface area contributed by atoms with Gasteiger partial charge in [0.2, 0.25) is 5.91 Å². The van der Waals surface area contributed by atoms with Crippen LogP contribution in [0.2, 0.25) is 0 Å². The maximum atomic E-state index is 12.3. The molecule has 0 aliphatic carbocycles. The van der Waals surface area contributed by atoms with E-state index in [9.17, 15) is 19.2 Å². The third-order valence-corrected chi connectivity index (χ3v) is 5.20. The van der Waals surface area contributed by atoms with Gasteiger partial charge in [0.05, 0.1) is 17.0 Å². The lowest BCUT2D eigenvalue weighted by molar-refractivity contribution is -0.123. The molecular formula is C19H24N4O4. The summed E-state index contributed by atoms with van der Waals surface area (Å²) in [6, 6.07) is 4.54. The predicted molar refractivity (Wildman–Crippen MR) is 98.2 cm³/mol. The van der Waals surface area contributed by atoms with E-state index in [1.807, 2.05) is 0 Å². The Morgan fingerprint density at radius 2 is 1.96 bits per heavy atom. The average molecular weight is 372 g/mol. The number of hydrogen-bond donors (Lipinski definition) is 2. The highest BCUT2D eigenvalue weighted by Gasteiger charge is 2.33. The third-order valence-electron chi connectivity index (χ3n) is 5.20. The van der Waals surface area contributed by atoms with Crippen LogP contribution >= 0.6 is 0 Å². The summed E-state index contributed by atoms with van der Waals surface area (Å²) in [6.07, 6.45) is 2.55. The molecule has 27 heavy (non-hydrogen) atoms. The number of hydrogen-bond acceptors (Lipinski definition) is 5. The van der Waals surface area contributed by atoms with Crippen molar-refractivity contribution in [3.8, 4) is 0 Å². The molecule has 2 aliphatic heterocycles. The molecule has 0 saturated carbocycles. The van der Waals surface area contributed by atoms with Crippen LogP contribution in [0.5, 0.6) is 0 Å². The van der Waals surface area contributed by atoms with Gasteiger partial charge in [-0.2, -0.15) is 0 Å². The van der Waals surface area contributed by atoms with Crippen molar-refractivity contribution in [1.82, 2.24) is 15.1 Å². The first-order chi connectivity index (χ1) is 12.9. The van der Waals surface area contributed by atoms with Crippen LogP contribution in [0.1, 0.15) is 50.3 Å². The number of rotatable bonds is 6. The van der Waals surface area contributed by atoms with Gasteiger partial charge in [0.1, 0.15) is 0 Å². The molecule has 3 rings (SSSR count). The fourth-order valence-electron chi connectivity index (χ4n) is 3.60. The first-order valence-corrected chi connectivity index (χ1v) is 9.15. The lowest BCUT2D eigenvalue weighted by Crippen LogP contribution is -2.42. The molecule has 4 amide bonds. The number of fused-ring (bicyclic) bond motifs is 1. The highest BCUT2D eigenvalue weighted by atomic mass is 16.2. The Bertz CT molecular complexity index is 792. The van der Waals surface area contributed by atoms with Crippen molar-refractivity contribution in [2.24, 2.45) is 11.7 Å². The van der Waals surface area contributed by atoms with Crippen LogP contribution in [-0.4, -0.2) is 66.7 Å². The molecule has 8 nitrogen and oxygen atoms in total. The monoisotopic (exact) mass is 372 g/mol. The molecule has 0 spiro atoms. The van der Waals surface area contributed by atoms with Gasteiger partial charge < -0.3 is 16.0 Å². The fraction of sp³-hybridized carbons (Fsp3) is 0.474. The topological polar surface area (TPSA) is 113 Å². The maximum Gasteiger partial charge on any atom is 0.261 e. The summed E-state index contributed by atoms with van der Waals surface area (Å²) < 4.78 is 0. The van der Waals surface area contributed by atoms with E-state index in [1.54, 1.807) is 6.07 Å². The zero-order valence-corrected chi connectivity index (χ0v) is 15.4. The van der Waals surface area contributed by atoms with E-state index in [4.69, 9.17) is 5.73 Å². The molecule has 2 heterocycles. The molecule has 0 bridgehead atoms. The van der Waals surface area contributed by atoms with Crippen LogP contribution in [0.3, 0.4) is 0 Å². The summed E-state index contributed by atoms with van der Waals surface area (Å²) in [6.45, 7) is 2.89. The lowest BCUT2D eigenvalue weighted by Gasteiger charge is -2.31. The first kappa shape index (κ1) is 19.0. The van der Waals surface area contributed by atoms with E-state index in [-0.39, 0.29) is 29.2 Å². The number of amides is 4. The molecule has 144 valence electrons. The van der Waals surface area contributed by atoms with Crippen LogP contribution in [-0.2, 0) is 4.79 Å². The molecule has 1 aromatic carbocycles. The molecule has 1 atom stereocenters. The highest BCUT2D eigenvalue weighted by Crippen LogP contribution is 2.22. The SMILES string of the molecule is CN1C(=O)c2ccc(C(=O)NCCCN3CCCC(C(N)=O)C3)cc2C1=O. The quantitative estimate of drug-likeness (QED) is 0.548. The van der Waals surface area contributed by atoms with Gasteiger partial charge in [-0.05, 0) is 50.6 Å². The van der Waals surface area contributed by atoms with E-state index in [0.29, 0.717) is 24.2 Å². The number of carbonyl (C=O) groups is 4. The number of piperidine rings is 1. The third kappa shape index (κ3) is 4.00. The van der Waals surface area contributed by atoms with Gasteiger partial charge in [-0.25, -0.2) is 0 Å². The average Bonchev–Trinajstić information content (AvgIpc) is 2.89. The second-order valence-corrected chi connectivity index (χ2v) is 7.08. The van der Waals surface area contributed by atoms with Gasteiger partial charge in [0.15, 0.2) is 0 Å². The van der Waals surface area contributed by atoms with Gasteiger partial charge in [-0.1, -0.05) is 0 Å². The van der Waals surface area contributed by atoms with Crippen molar-refractivity contribution in [3.63, 3.8) is 0 Å². The standard InChI is InChI=1S/C19H24N4O4/c1-22-18(26)14-6-5-12(10-15(14)19(22)27)17(25)21-7-3-9-23-8-2-4-13(11-23)16(20)24/h5-6,10,13H,2-4,7-9,11H2,1H3,(H2,20,24)(H,21,25). The molecule has 8 heteroatoms. The first-order valence-electron chi connectivity index (χ1n) is 9.15. The summed E-state index contributed by atoms with van der Waals surface area (Å²) in [5.74, 6) is -1.35. The Kier molecular flexibility index (Phi) is 5.55. The number of carbonyl (C=O) groups excluding carboxylic acids is 4. The summed E-state index contributed by atoms with van der Waals surface area (Å²) >= 11 is 0. The molecule has 1 fully saturated rings. The van der Waals surface area contributed by atoms with Crippen LogP contribution in [0.25, 0.3) is 0 Å². The molecule has 3 N–H and O–H groups in total. The van der Waals surface area contributed by atoms with Gasteiger partial charge in [-0.3, -0.25) is 24.1 Å². The van der Waals surface area contributed by atoms with E-state index >= 15 is 0 Å². The molecule has 1 saturated heterocycles. The molecule has 2 aliphatic rings. The Hall–Kier alpha value is -2.74. The number of nitrogens with two attached hydrogens (primary N) is 1. The van der Waals surface area contributed by atoms with Crippen LogP contribution < -0.4 is 11.1 Å². The van der Waals surface area contributed by atoms with E-state index in [0.717, 1.165) is 37.3 Å². The minimum atomic E-state index is -0.390. The van der Waals surface area contributed by atoms with Crippen molar-refractivity contribution in [1.29, 1.82) is 0 Å². The summed E-state index contributed by atoms with van der Waals surface area (Å²) in [5.41, 5.74) is 6.33. The smallest absolute Gasteiger partial charge is 0.261 e. The summed E-state index contributed by atoms with van der Waals surface area (Å²) in [5, 5.41) is 2.83. The highest BCUT2D eigenvalue weighted by molar-refractivity contribution is 6.21. The van der Waals surface area contributed by atoms with E-state index in [1.165, 1.54) is 19.2 Å². The maximum absolute atomic E-state index is 12.3. The predicted octanol–water partition coefficient (Wildman–Crippen LogP) is 0.230. The minimum Gasteiger partial charge on any atom is -0.369 e. The zero-order chi connectivity index (χ0) is 19.6. The Labute approximate surface area is 157 Å². The van der Waals surface area contributed by atoms with Crippen LogP contribution in [0.4, 0.5) is 0 Å². The van der Waals surface area contributed by atoms with Crippen molar-refractivity contribution >= 4 is 23.6 Å². The van der Waals surface area contributed by atoms with E-state index in [2.05, 4.69) is 10.2 Å². The van der Waals surface area contributed by atoms with Gasteiger partial charge in [-0.15, -0.1) is 0 Å². The number of imide groups is 1. The van der Waals surface area contributed by atoms with E-state index < -0.39 is 5.91 Å². The second-order valence-electron chi connectivity index (χ2n) is 7.08. The van der Waals surface area contributed by atoms with Gasteiger partial charge >= 0.3 is 0 Å². The Balaban J connectivity index is 1.49.